The van der Waals surface area contributed by atoms with Gasteiger partial charge in [0.15, 0.2) is 0 Å². The number of aromatic nitrogens is 2. The van der Waals surface area contributed by atoms with Gasteiger partial charge in [-0.3, -0.25) is 0 Å². The second kappa shape index (κ2) is 10.4. The van der Waals surface area contributed by atoms with Crippen LogP contribution in [0.1, 0.15) is 5.56 Å². The van der Waals surface area contributed by atoms with Crippen molar-refractivity contribution in [3.05, 3.63) is 121 Å². The molecule has 192 valence electrons. The third-order valence-corrected chi connectivity index (χ3v) is 6.34. The SMILES string of the molecule is COc1ccc(-c2ccn3ccc(C(F)(F)F)c3c2)cc1.COc1ccc(-c2ccn3cccc3c2)cc1. The van der Waals surface area contributed by atoms with Gasteiger partial charge >= 0.3 is 6.18 Å². The number of hydrogen-bond donors (Lipinski definition) is 0. The van der Waals surface area contributed by atoms with Crippen molar-refractivity contribution in [2.24, 2.45) is 0 Å². The molecule has 0 saturated heterocycles. The van der Waals surface area contributed by atoms with E-state index in [2.05, 4.69) is 40.9 Å². The summed E-state index contributed by atoms with van der Waals surface area (Å²) in [6.07, 6.45) is 2.81. The summed E-state index contributed by atoms with van der Waals surface area (Å²) in [7, 11) is 3.25. The predicted molar refractivity (Wildman–Crippen MR) is 144 cm³/mol. The molecule has 0 N–H and O–H groups in total. The van der Waals surface area contributed by atoms with Gasteiger partial charge < -0.3 is 18.3 Å². The maximum absolute atomic E-state index is 13.0. The second-order valence-electron chi connectivity index (χ2n) is 8.65. The fourth-order valence-electron chi connectivity index (χ4n) is 4.30. The van der Waals surface area contributed by atoms with Crippen molar-refractivity contribution in [3.8, 4) is 33.8 Å². The lowest BCUT2D eigenvalue weighted by Crippen LogP contribution is -2.04. The van der Waals surface area contributed by atoms with E-state index in [-0.39, 0.29) is 5.52 Å². The Morgan fingerprint density at radius 2 is 1.08 bits per heavy atom. The first-order valence-corrected chi connectivity index (χ1v) is 11.9. The van der Waals surface area contributed by atoms with E-state index < -0.39 is 11.7 Å². The van der Waals surface area contributed by atoms with E-state index in [1.54, 1.807) is 44.7 Å². The number of pyridine rings is 2. The van der Waals surface area contributed by atoms with Crippen molar-refractivity contribution in [2.45, 2.75) is 6.18 Å². The molecule has 7 heteroatoms. The van der Waals surface area contributed by atoms with E-state index in [1.807, 2.05) is 36.5 Å². The summed E-state index contributed by atoms with van der Waals surface area (Å²) >= 11 is 0. The zero-order valence-electron chi connectivity index (χ0n) is 20.8. The highest BCUT2D eigenvalue weighted by Gasteiger charge is 2.33. The molecule has 0 atom stereocenters. The Balaban J connectivity index is 0.000000158. The molecule has 2 aromatic carbocycles. The van der Waals surface area contributed by atoms with E-state index >= 15 is 0 Å². The topological polar surface area (TPSA) is 27.3 Å². The second-order valence-corrected chi connectivity index (χ2v) is 8.65. The minimum atomic E-state index is -4.35. The van der Waals surface area contributed by atoms with Crippen LogP contribution in [0.15, 0.2) is 116 Å². The maximum Gasteiger partial charge on any atom is 0.418 e. The van der Waals surface area contributed by atoms with E-state index in [0.29, 0.717) is 5.75 Å². The molecule has 0 aliphatic heterocycles. The molecule has 0 spiro atoms. The zero-order chi connectivity index (χ0) is 26.7. The minimum absolute atomic E-state index is 0.149. The molecule has 0 saturated carbocycles. The highest BCUT2D eigenvalue weighted by molar-refractivity contribution is 5.72. The van der Waals surface area contributed by atoms with Gasteiger partial charge in [-0.1, -0.05) is 24.3 Å². The number of fused-ring (bicyclic) bond motifs is 2. The van der Waals surface area contributed by atoms with Crippen LogP contribution in [0.3, 0.4) is 0 Å². The van der Waals surface area contributed by atoms with Gasteiger partial charge in [0.05, 0.1) is 25.3 Å². The lowest BCUT2D eigenvalue weighted by Gasteiger charge is -2.08. The van der Waals surface area contributed by atoms with Gasteiger partial charge in [0, 0.05) is 30.3 Å². The quantitative estimate of drug-likeness (QED) is 0.237. The Morgan fingerprint density at radius 3 is 1.63 bits per heavy atom. The highest BCUT2D eigenvalue weighted by atomic mass is 19.4. The van der Waals surface area contributed by atoms with Crippen LogP contribution in [0.5, 0.6) is 11.5 Å². The van der Waals surface area contributed by atoms with Crippen LogP contribution in [0.2, 0.25) is 0 Å². The largest absolute Gasteiger partial charge is 0.497 e. The molecule has 0 bridgehead atoms. The molecule has 4 nitrogen and oxygen atoms in total. The third-order valence-electron chi connectivity index (χ3n) is 6.34. The average molecular weight is 515 g/mol. The number of alkyl halides is 3. The van der Waals surface area contributed by atoms with Gasteiger partial charge in [-0.2, -0.15) is 13.2 Å². The number of nitrogens with zero attached hydrogens (tertiary/aromatic N) is 2. The van der Waals surface area contributed by atoms with Crippen molar-refractivity contribution in [2.75, 3.05) is 14.2 Å². The Kier molecular flexibility index (Phi) is 6.83. The fraction of sp³-hybridized carbons (Fsp3) is 0.0968. The number of ether oxygens (including phenoxy) is 2. The summed E-state index contributed by atoms with van der Waals surface area (Å²) in [6, 6.07) is 28.2. The average Bonchev–Trinajstić information content (AvgIpc) is 3.60. The fourth-order valence-corrected chi connectivity index (χ4v) is 4.30. The summed E-state index contributed by atoms with van der Waals surface area (Å²) in [5, 5.41) is 0. The van der Waals surface area contributed by atoms with Crippen molar-refractivity contribution >= 4 is 11.0 Å². The molecule has 0 unspecified atom stereocenters. The van der Waals surface area contributed by atoms with Crippen LogP contribution < -0.4 is 9.47 Å². The van der Waals surface area contributed by atoms with Gasteiger partial charge in [-0.25, -0.2) is 0 Å². The highest BCUT2D eigenvalue weighted by Crippen LogP contribution is 2.35. The zero-order valence-corrected chi connectivity index (χ0v) is 20.8. The summed E-state index contributed by atoms with van der Waals surface area (Å²) < 4.78 is 52.7. The van der Waals surface area contributed by atoms with Gasteiger partial charge in [0.25, 0.3) is 0 Å². The molecule has 38 heavy (non-hydrogen) atoms. The lowest BCUT2D eigenvalue weighted by atomic mass is 10.1. The van der Waals surface area contributed by atoms with Crippen LogP contribution in [0.4, 0.5) is 13.2 Å². The molecule has 0 aliphatic rings. The smallest absolute Gasteiger partial charge is 0.418 e. The van der Waals surface area contributed by atoms with Gasteiger partial charge in [0.1, 0.15) is 11.5 Å². The molecular weight excluding hydrogens is 489 g/mol. The monoisotopic (exact) mass is 514 g/mol. The summed E-state index contributed by atoms with van der Waals surface area (Å²) in [5.74, 6) is 1.59. The molecular formula is C31H25F3N2O2. The van der Waals surface area contributed by atoms with Crippen LogP contribution in [0.25, 0.3) is 33.3 Å². The molecule has 0 fully saturated rings. The lowest BCUT2D eigenvalue weighted by molar-refractivity contribution is -0.136. The van der Waals surface area contributed by atoms with Crippen LogP contribution in [-0.4, -0.2) is 23.0 Å². The maximum atomic E-state index is 13.0. The molecule has 0 radical (unpaired) electrons. The summed E-state index contributed by atoms with van der Waals surface area (Å²) in [4.78, 5) is 0. The van der Waals surface area contributed by atoms with E-state index in [4.69, 9.17) is 9.47 Å². The standard InChI is InChI=1S/C16H12F3NO.C15H13NO/c1-21-13-4-2-11(3-5-13)12-6-8-20-9-7-14(15(20)10-12)16(17,18)19;1-17-15-6-4-12(5-7-15)13-8-10-16-9-2-3-14(16)11-13/h2-10H,1H3;2-11H,1H3. The summed E-state index contributed by atoms with van der Waals surface area (Å²) in [5.41, 5.74) is 4.72. The number of rotatable bonds is 4. The van der Waals surface area contributed by atoms with Crippen molar-refractivity contribution in [1.29, 1.82) is 0 Å². The molecule has 0 amide bonds. The van der Waals surface area contributed by atoms with Crippen molar-refractivity contribution in [1.82, 2.24) is 8.80 Å². The summed E-state index contributed by atoms with van der Waals surface area (Å²) in [6.45, 7) is 0. The van der Waals surface area contributed by atoms with Crippen LogP contribution >= 0.6 is 0 Å². The van der Waals surface area contributed by atoms with Gasteiger partial charge in [-0.15, -0.1) is 0 Å². The van der Waals surface area contributed by atoms with E-state index in [9.17, 15) is 13.2 Å². The number of methoxy groups -OCH3 is 2. The van der Waals surface area contributed by atoms with Crippen molar-refractivity contribution < 1.29 is 22.6 Å². The predicted octanol–water partition coefficient (Wildman–Crippen LogP) is 8.25. The molecule has 0 aliphatic carbocycles. The normalized spacial score (nSPS) is 11.3. The first-order valence-electron chi connectivity index (χ1n) is 11.9. The Labute approximate surface area is 218 Å². The first-order chi connectivity index (χ1) is 18.4. The van der Waals surface area contributed by atoms with Crippen LogP contribution in [-0.2, 0) is 6.18 Å². The van der Waals surface area contributed by atoms with Gasteiger partial charge in [0.2, 0.25) is 0 Å². The molecule has 6 rings (SSSR count). The number of hydrogen-bond acceptors (Lipinski definition) is 2. The number of benzene rings is 2. The minimum Gasteiger partial charge on any atom is -0.497 e. The van der Waals surface area contributed by atoms with E-state index in [1.165, 1.54) is 27.2 Å². The van der Waals surface area contributed by atoms with Crippen LogP contribution in [0, 0.1) is 0 Å². The Morgan fingerprint density at radius 1 is 0.553 bits per heavy atom. The molecule has 4 heterocycles. The van der Waals surface area contributed by atoms with E-state index in [0.717, 1.165) is 22.9 Å². The first kappa shape index (κ1) is 25.0. The van der Waals surface area contributed by atoms with Crippen molar-refractivity contribution in [3.63, 3.8) is 0 Å². The Hall–Kier alpha value is -4.65. The molecule has 4 aromatic heterocycles. The van der Waals surface area contributed by atoms with Gasteiger partial charge in [-0.05, 0) is 89.0 Å². The third kappa shape index (κ3) is 5.22. The molecule has 6 aromatic rings. The number of halogens is 3. The Bertz CT molecular complexity index is 1660.